The van der Waals surface area contributed by atoms with Crippen LogP contribution in [0.15, 0.2) is 60.8 Å². The van der Waals surface area contributed by atoms with Gasteiger partial charge in [-0.3, -0.25) is 11.1 Å². The van der Waals surface area contributed by atoms with Crippen molar-refractivity contribution in [3.8, 4) is 11.3 Å². The molecular formula is C22H23ClN8O. The number of H-pyrrole nitrogens is 1. The highest BCUT2D eigenvalue weighted by Crippen LogP contribution is 2.27. The Bertz CT molecular complexity index is 1260. The number of carbonyl (C=O) groups excluding carboxylic acids is 1. The minimum absolute atomic E-state index is 0. The lowest BCUT2D eigenvalue weighted by molar-refractivity contribution is -0.119. The van der Waals surface area contributed by atoms with E-state index in [0.29, 0.717) is 18.1 Å². The van der Waals surface area contributed by atoms with E-state index in [-0.39, 0.29) is 29.9 Å². The molecule has 4 aromatic rings. The molecular weight excluding hydrogens is 428 g/mol. The van der Waals surface area contributed by atoms with Gasteiger partial charge >= 0.3 is 11.9 Å². The number of nitrogens with zero attached hydrogens (tertiary/aromatic N) is 2. The summed E-state index contributed by atoms with van der Waals surface area (Å²) in [6, 6.07) is 17.6. The molecule has 2 heterocycles. The summed E-state index contributed by atoms with van der Waals surface area (Å²) in [5, 5.41) is 12.2. The van der Waals surface area contributed by atoms with Gasteiger partial charge in [-0.25, -0.2) is 20.1 Å². The predicted molar refractivity (Wildman–Crippen MR) is 121 cm³/mol. The average Bonchev–Trinajstić information content (AvgIpc) is 3.17. The van der Waals surface area contributed by atoms with Gasteiger partial charge in [-0.05, 0) is 18.1 Å². The van der Waals surface area contributed by atoms with Crippen molar-refractivity contribution < 1.29 is 22.6 Å². The molecule has 0 spiro atoms. The molecule has 2 aromatic heterocycles. The molecule has 9 nitrogen and oxygen atoms in total. The Kier molecular flexibility index (Phi) is 6.91. The van der Waals surface area contributed by atoms with Gasteiger partial charge in [0.15, 0.2) is 17.3 Å². The third kappa shape index (κ3) is 4.79. The van der Waals surface area contributed by atoms with Crippen LogP contribution in [-0.4, -0.2) is 33.4 Å². The summed E-state index contributed by atoms with van der Waals surface area (Å²) in [5.74, 6) is -0.390. The third-order valence-electron chi connectivity index (χ3n) is 4.80. The highest BCUT2D eigenvalue weighted by molar-refractivity contribution is 6.05. The number of hydrogen-bond donors (Lipinski definition) is 6. The number of fused-ring (bicyclic) bond motifs is 1. The maximum Gasteiger partial charge on any atom is 0.346 e. The first kappa shape index (κ1) is 22.6. The first-order valence-corrected chi connectivity index (χ1v) is 9.74. The van der Waals surface area contributed by atoms with Gasteiger partial charge in [0.25, 0.3) is 0 Å². The van der Waals surface area contributed by atoms with Crippen LogP contribution in [-0.2, 0) is 6.42 Å². The minimum atomic E-state index is -0.618. The van der Waals surface area contributed by atoms with Gasteiger partial charge in [-0.1, -0.05) is 48.5 Å². The van der Waals surface area contributed by atoms with Crippen molar-refractivity contribution in [2.75, 3.05) is 17.6 Å². The van der Waals surface area contributed by atoms with Gasteiger partial charge in [-0.15, -0.1) is 0 Å². The summed E-state index contributed by atoms with van der Waals surface area (Å²) in [6.45, 7) is 0.602. The van der Waals surface area contributed by atoms with E-state index in [9.17, 15) is 4.79 Å². The zero-order valence-corrected chi connectivity index (χ0v) is 17.9. The van der Waals surface area contributed by atoms with Gasteiger partial charge in [0, 0.05) is 29.2 Å². The normalized spacial score (nSPS) is 10.4. The number of para-hydroxylation sites is 1. The minimum Gasteiger partial charge on any atom is -1.00 e. The highest BCUT2D eigenvalue weighted by atomic mass is 35.5. The highest BCUT2D eigenvalue weighted by Gasteiger charge is 2.21. The first-order chi connectivity index (χ1) is 15.0. The van der Waals surface area contributed by atoms with E-state index in [0.717, 1.165) is 17.5 Å². The Labute approximate surface area is 190 Å². The fourth-order valence-corrected chi connectivity index (χ4v) is 3.38. The Balaban J connectivity index is 0.00000289. The van der Waals surface area contributed by atoms with Crippen LogP contribution in [0.25, 0.3) is 22.2 Å². The molecule has 32 heavy (non-hydrogen) atoms. The maximum atomic E-state index is 12.4. The van der Waals surface area contributed by atoms with Crippen LogP contribution in [0, 0.1) is 0 Å². The molecule has 0 bridgehead atoms. The number of amides is 1. The van der Waals surface area contributed by atoms with Crippen LogP contribution >= 0.6 is 0 Å². The number of hydrogen-bond acceptors (Lipinski definition) is 5. The Morgan fingerprint density at radius 2 is 1.78 bits per heavy atom. The lowest BCUT2D eigenvalue weighted by Gasteiger charge is -2.13. The number of guanidine groups is 1. The number of aromatic nitrogens is 3. The Morgan fingerprint density at radius 3 is 2.53 bits per heavy atom. The summed E-state index contributed by atoms with van der Waals surface area (Å²) in [5.41, 5.74) is 14.9. The van der Waals surface area contributed by atoms with Gasteiger partial charge in [0.05, 0.1) is 0 Å². The molecule has 10 heteroatoms. The van der Waals surface area contributed by atoms with Crippen molar-refractivity contribution in [3.63, 3.8) is 0 Å². The molecule has 0 fully saturated rings. The summed E-state index contributed by atoms with van der Waals surface area (Å²) < 4.78 is 0. The topological polar surface area (TPSA) is 160 Å². The maximum absolute atomic E-state index is 12.4. The molecule has 4 rings (SSSR count). The standard InChI is InChI=1S/C22H22N8O.ClH/c23-19-18(21(31)30-22(24)25)28-17(13-6-2-1-3-7-13)20(29-19)26-11-10-14-12-27-16-9-5-4-8-15(14)16;/h1-9,12,27H,10-11H2,(H3,23,26,29)(H4,24,25,30,31);1H. The molecule has 0 atom stereocenters. The van der Waals surface area contributed by atoms with Crippen molar-refractivity contribution in [2.45, 2.75) is 6.42 Å². The van der Waals surface area contributed by atoms with Crippen LogP contribution in [0.2, 0.25) is 0 Å². The van der Waals surface area contributed by atoms with Crippen molar-refractivity contribution in [3.05, 3.63) is 72.1 Å². The predicted octanol–water partition coefficient (Wildman–Crippen LogP) is -2.33. The number of nitrogens with one attached hydrogen (secondary N) is 3. The number of benzene rings is 2. The number of rotatable bonds is 6. The van der Waals surface area contributed by atoms with E-state index in [1.165, 1.54) is 10.9 Å². The second-order valence-electron chi connectivity index (χ2n) is 6.97. The van der Waals surface area contributed by atoms with Crippen LogP contribution in [0.3, 0.4) is 0 Å². The zero-order chi connectivity index (χ0) is 21.8. The molecule has 0 saturated heterocycles. The molecule has 164 valence electrons. The fraction of sp³-hybridized carbons (Fsp3) is 0.0909. The average molecular weight is 451 g/mol. The van der Waals surface area contributed by atoms with Gasteiger partial charge in [0.1, 0.15) is 5.69 Å². The summed E-state index contributed by atoms with van der Waals surface area (Å²) >= 11 is 0. The summed E-state index contributed by atoms with van der Waals surface area (Å²) in [4.78, 5) is 24.5. The van der Waals surface area contributed by atoms with Gasteiger partial charge < -0.3 is 28.4 Å². The van der Waals surface area contributed by atoms with E-state index in [4.69, 9.17) is 16.9 Å². The number of nitrogen functional groups attached to an aromatic ring is 1. The molecule has 9 N–H and O–H groups in total. The third-order valence-corrected chi connectivity index (χ3v) is 4.80. The van der Waals surface area contributed by atoms with E-state index < -0.39 is 5.91 Å². The summed E-state index contributed by atoms with van der Waals surface area (Å²) in [7, 11) is 0. The van der Waals surface area contributed by atoms with Crippen LogP contribution in [0.5, 0.6) is 0 Å². The number of carbonyl (C=O) groups is 1. The molecule has 1 amide bonds. The smallest absolute Gasteiger partial charge is 0.346 e. The molecule has 0 aliphatic rings. The van der Waals surface area contributed by atoms with Crippen LogP contribution < -0.4 is 39.9 Å². The number of nitrogens with two attached hydrogens (primary N) is 3. The quantitative estimate of drug-likeness (QED) is 0.143. The van der Waals surface area contributed by atoms with Gasteiger partial charge in [-0.2, -0.15) is 0 Å². The second kappa shape index (κ2) is 9.80. The zero-order valence-electron chi connectivity index (χ0n) is 17.1. The van der Waals surface area contributed by atoms with Crippen molar-refractivity contribution in [1.82, 2.24) is 20.3 Å². The number of halogens is 1. The van der Waals surface area contributed by atoms with E-state index in [1.54, 1.807) is 0 Å². The van der Waals surface area contributed by atoms with Crippen molar-refractivity contribution >= 4 is 34.4 Å². The lowest BCUT2D eigenvalue weighted by Crippen LogP contribution is -3.00. The molecule has 0 aliphatic carbocycles. The van der Waals surface area contributed by atoms with Gasteiger partial charge in [0.2, 0.25) is 0 Å². The molecule has 2 aromatic carbocycles. The molecule has 0 unspecified atom stereocenters. The van der Waals surface area contributed by atoms with Crippen LogP contribution in [0.1, 0.15) is 16.1 Å². The number of aromatic amines is 1. The largest absolute Gasteiger partial charge is 1.00 e. The SMILES string of the molecule is NC(=[NH2+])NC(=O)c1nc(-c2ccccc2)c(NCCc2c[nH]c3ccccc23)nc1N.[Cl-]. The Hall–Kier alpha value is -4.11. The lowest BCUT2D eigenvalue weighted by atomic mass is 10.1. The van der Waals surface area contributed by atoms with Crippen molar-refractivity contribution in [2.24, 2.45) is 5.73 Å². The first-order valence-electron chi connectivity index (χ1n) is 9.74. The van der Waals surface area contributed by atoms with Crippen LogP contribution in [0.4, 0.5) is 11.6 Å². The monoisotopic (exact) mass is 450 g/mol. The van der Waals surface area contributed by atoms with Crippen molar-refractivity contribution in [1.29, 1.82) is 0 Å². The molecule has 0 radical (unpaired) electrons. The van der Waals surface area contributed by atoms with E-state index in [2.05, 4.69) is 31.7 Å². The fourth-order valence-electron chi connectivity index (χ4n) is 3.38. The molecule has 0 saturated carbocycles. The second-order valence-corrected chi connectivity index (χ2v) is 6.97. The van der Waals surface area contributed by atoms with E-state index in [1.807, 2.05) is 54.7 Å². The number of anilines is 2. The molecule has 0 aliphatic heterocycles. The van der Waals surface area contributed by atoms with E-state index >= 15 is 0 Å². The summed E-state index contributed by atoms with van der Waals surface area (Å²) in [6.07, 6.45) is 2.77. The Morgan fingerprint density at radius 1 is 1.06 bits per heavy atom.